The molecule has 0 aliphatic rings. The normalized spacial score (nSPS) is 9.71. The fraction of sp³-hybridized carbons (Fsp3) is 0.0769. The molecule has 1 N–H and O–H groups in total. The molecule has 4 heteroatoms. The van der Waals surface area contributed by atoms with E-state index in [0.29, 0.717) is 10.7 Å². The van der Waals surface area contributed by atoms with E-state index in [4.69, 9.17) is 16.9 Å². The first kappa shape index (κ1) is 11.4. The second kappa shape index (κ2) is 4.86. The molecule has 0 unspecified atom stereocenters. The first-order chi connectivity index (χ1) is 8.20. The molecule has 0 fully saturated rings. The van der Waals surface area contributed by atoms with Gasteiger partial charge in [0.25, 0.3) is 0 Å². The molecule has 1 aromatic heterocycles. The van der Waals surface area contributed by atoms with Gasteiger partial charge in [-0.1, -0.05) is 23.7 Å². The van der Waals surface area contributed by atoms with Crippen molar-refractivity contribution in [2.45, 2.75) is 6.92 Å². The number of aromatic nitrogens is 1. The molecular weight excluding hydrogens is 234 g/mol. The third-order valence-electron chi connectivity index (χ3n) is 2.37. The van der Waals surface area contributed by atoms with Gasteiger partial charge in [0.15, 0.2) is 0 Å². The molecule has 0 radical (unpaired) electrons. The summed E-state index contributed by atoms with van der Waals surface area (Å²) in [4.78, 5) is 3.99. The van der Waals surface area contributed by atoms with E-state index < -0.39 is 0 Å². The quantitative estimate of drug-likeness (QED) is 0.876. The van der Waals surface area contributed by atoms with Crippen molar-refractivity contribution in [3.8, 4) is 6.07 Å². The summed E-state index contributed by atoms with van der Waals surface area (Å²) in [5, 5.41) is 12.5. The maximum Gasteiger partial charge on any atom is 0.140 e. The third-order valence-corrected chi connectivity index (χ3v) is 2.68. The monoisotopic (exact) mass is 243 g/mol. The number of anilines is 2. The molecule has 0 bridgehead atoms. The van der Waals surface area contributed by atoms with E-state index in [1.54, 1.807) is 18.3 Å². The molecule has 0 saturated heterocycles. The molecule has 17 heavy (non-hydrogen) atoms. The predicted octanol–water partition coefficient (Wildman–Crippen LogP) is 3.66. The number of benzene rings is 1. The first-order valence-electron chi connectivity index (χ1n) is 5.09. The van der Waals surface area contributed by atoms with E-state index in [1.807, 2.05) is 31.2 Å². The van der Waals surface area contributed by atoms with Crippen LogP contribution in [-0.2, 0) is 0 Å². The lowest BCUT2D eigenvalue weighted by Gasteiger charge is -2.10. The molecule has 0 spiro atoms. The van der Waals surface area contributed by atoms with Gasteiger partial charge in [0.05, 0.1) is 22.6 Å². The minimum Gasteiger partial charge on any atom is -0.353 e. The summed E-state index contributed by atoms with van der Waals surface area (Å²) in [6.45, 7) is 1.98. The van der Waals surface area contributed by atoms with E-state index >= 15 is 0 Å². The number of nitriles is 1. The van der Waals surface area contributed by atoms with Gasteiger partial charge in [-0.3, -0.25) is 0 Å². The fourth-order valence-corrected chi connectivity index (χ4v) is 1.74. The Morgan fingerprint density at radius 1 is 1.29 bits per heavy atom. The average Bonchev–Trinajstić information content (AvgIpc) is 2.35. The highest BCUT2D eigenvalue weighted by molar-refractivity contribution is 6.33. The summed E-state index contributed by atoms with van der Waals surface area (Å²) >= 11 is 6.10. The van der Waals surface area contributed by atoms with Crippen LogP contribution in [0.5, 0.6) is 0 Å². The van der Waals surface area contributed by atoms with Crippen molar-refractivity contribution < 1.29 is 0 Å². The highest BCUT2D eigenvalue weighted by Gasteiger charge is 2.04. The van der Waals surface area contributed by atoms with Crippen LogP contribution in [0.15, 0.2) is 36.5 Å². The van der Waals surface area contributed by atoms with E-state index in [1.165, 1.54) is 0 Å². The van der Waals surface area contributed by atoms with Gasteiger partial charge in [0, 0.05) is 0 Å². The van der Waals surface area contributed by atoms with Crippen LogP contribution < -0.4 is 5.32 Å². The van der Waals surface area contributed by atoms with Gasteiger partial charge in [-0.2, -0.15) is 5.26 Å². The minimum atomic E-state index is 0.395. The van der Waals surface area contributed by atoms with Gasteiger partial charge in [0.2, 0.25) is 0 Å². The lowest BCUT2D eigenvalue weighted by Crippen LogP contribution is -1.95. The van der Waals surface area contributed by atoms with E-state index in [2.05, 4.69) is 10.3 Å². The largest absolute Gasteiger partial charge is 0.353 e. The molecule has 2 aromatic rings. The summed E-state index contributed by atoms with van der Waals surface area (Å²) in [7, 11) is 0. The number of hydrogen-bond donors (Lipinski definition) is 1. The summed E-state index contributed by atoms with van der Waals surface area (Å²) < 4.78 is 0. The van der Waals surface area contributed by atoms with Crippen LogP contribution in [0.2, 0.25) is 5.02 Å². The van der Waals surface area contributed by atoms with Gasteiger partial charge < -0.3 is 5.32 Å². The Kier molecular flexibility index (Phi) is 3.27. The van der Waals surface area contributed by atoms with E-state index in [0.717, 1.165) is 16.9 Å². The molecule has 1 heterocycles. The second-order valence-electron chi connectivity index (χ2n) is 3.60. The van der Waals surface area contributed by atoms with Gasteiger partial charge in [-0.25, -0.2) is 4.98 Å². The fourth-order valence-electron chi connectivity index (χ4n) is 1.47. The first-order valence-corrected chi connectivity index (χ1v) is 5.47. The highest BCUT2D eigenvalue weighted by Crippen LogP contribution is 2.28. The molecule has 0 atom stereocenters. The molecule has 3 nitrogen and oxygen atoms in total. The number of nitrogens with zero attached hydrogens (tertiary/aromatic N) is 2. The average molecular weight is 244 g/mol. The van der Waals surface area contributed by atoms with Crippen molar-refractivity contribution >= 4 is 23.0 Å². The number of nitrogens with one attached hydrogen (secondary N) is 1. The summed E-state index contributed by atoms with van der Waals surface area (Å²) in [6.07, 6.45) is 1.61. The van der Waals surface area contributed by atoms with Gasteiger partial charge in [-0.15, -0.1) is 0 Å². The van der Waals surface area contributed by atoms with Crippen LogP contribution in [-0.4, -0.2) is 4.98 Å². The maximum absolute atomic E-state index is 8.65. The summed E-state index contributed by atoms with van der Waals surface area (Å²) in [6, 6.07) is 11.1. The van der Waals surface area contributed by atoms with Crippen molar-refractivity contribution in [2.75, 3.05) is 5.32 Å². The summed E-state index contributed by atoms with van der Waals surface area (Å²) in [5.41, 5.74) is 3.12. The van der Waals surface area contributed by atoms with Crippen LogP contribution in [0.4, 0.5) is 11.4 Å². The molecule has 0 aliphatic heterocycles. The summed E-state index contributed by atoms with van der Waals surface area (Å²) in [5.74, 6) is 0. The van der Waals surface area contributed by atoms with Crippen LogP contribution >= 0.6 is 11.6 Å². The zero-order chi connectivity index (χ0) is 12.3. The Balaban J connectivity index is 2.29. The number of hydrogen-bond acceptors (Lipinski definition) is 3. The van der Waals surface area contributed by atoms with Crippen LogP contribution in [0, 0.1) is 18.3 Å². The maximum atomic E-state index is 8.65. The molecular formula is C13H10ClN3. The zero-order valence-electron chi connectivity index (χ0n) is 9.24. The second-order valence-corrected chi connectivity index (χ2v) is 4.01. The molecule has 2 rings (SSSR count). The number of rotatable bonds is 2. The number of halogens is 1. The Morgan fingerprint density at radius 2 is 2.12 bits per heavy atom. The smallest absolute Gasteiger partial charge is 0.140 e. The molecule has 0 saturated carbocycles. The van der Waals surface area contributed by atoms with E-state index in [9.17, 15) is 0 Å². The lowest BCUT2D eigenvalue weighted by atomic mass is 10.2. The van der Waals surface area contributed by atoms with Gasteiger partial charge in [0.1, 0.15) is 11.8 Å². The van der Waals surface area contributed by atoms with Crippen molar-refractivity contribution in [3.63, 3.8) is 0 Å². The number of pyridine rings is 1. The highest BCUT2D eigenvalue weighted by atomic mass is 35.5. The van der Waals surface area contributed by atoms with Gasteiger partial charge in [-0.05, 0) is 30.7 Å². The van der Waals surface area contributed by atoms with Crippen molar-refractivity contribution in [2.24, 2.45) is 0 Å². The molecule has 1 aromatic carbocycles. The van der Waals surface area contributed by atoms with Crippen molar-refractivity contribution in [1.82, 2.24) is 4.98 Å². The lowest BCUT2D eigenvalue weighted by molar-refractivity contribution is 1.26. The van der Waals surface area contributed by atoms with E-state index in [-0.39, 0.29) is 0 Å². The SMILES string of the molecule is Cc1cccc(Cl)c1Nc1ccc(C#N)nc1. The van der Waals surface area contributed by atoms with Crippen LogP contribution in [0.25, 0.3) is 0 Å². The zero-order valence-corrected chi connectivity index (χ0v) is 9.99. The Labute approximate surface area is 105 Å². The van der Waals surface area contributed by atoms with Crippen LogP contribution in [0.3, 0.4) is 0 Å². The van der Waals surface area contributed by atoms with Crippen molar-refractivity contribution in [1.29, 1.82) is 5.26 Å². The third kappa shape index (κ3) is 2.55. The standard InChI is InChI=1S/C13H10ClN3/c1-9-3-2-4-12(14)13(9)17-11-6-5-10(7-15)16-8-11/h2-6,8,17H,1H3. The number of para-hydroxylation sites is 1. The van der Waals surface area contributed by atoms with Crippen LogP contribution in [0.1, 0.15) is 11.3 Å². The topological polar surface area (TPSA) is 48.7 Å². The minimum absolute atomic E-state index is 0.395. The van der Waals surface area contributed by atoms with Crippen molar-refractivity contribution in [3.05, 3.63) is 52.8 Å². The Hall–Kier alpha value is -2.05. The molecule has 0 amide bonds. The van der Waals surface area contributed by atoms with Gasteiger partial charge >= 0.3 is 0 Å². The molecule has 0 aliphatic carbocycles. The Morgan fingerprint density at radius 3 is 2.71 bits per heavy atom. The number of aryl methyl sites for hydroxylation is 1. The Bertz CT molecular complexity index is 550. The molecule has 84 valence electrons. The predicted molar refractivity (Wildman–Crippen MR) is 68.4 cm³/mol.